The maximum Gasteiger partial charge on any atom is 0.241 e. The summed E-state index contributed by atoms with van der Waals surface area (Å²) in [5, 5.41) is 9.36. The van der Waals surface area contributed by atoms with Crippen LogP contribution in [0.5, 0.6) is 0 Å². The van der Waals surface area contributed by atoms with Gasteiger partial charge >= 0.3 is 0 Å². The maximum atomic E-state index is 12.2. The van der Waals surface area contributed by atoms with E-state index in [4.69, 9.17) is 22.4 Å². The van der Waals surface area contributed by atoms with Gasteiger partial charge in [0.1, 0.15) is 0 Å². The number of aliphatic hydroxyl groups is 1. The van der Waals surface area contributed by atoms with Crippen molar-refractivity contribution >= 4 is 27.3 Å². The molecule has 0 bridgehead atoms. The Bertz CT molecular complexity index is 556. The van der Waals surface area contributed by atoms with E-state index in [9.17, 15) is 8.42 Å². The van der Waals surface area contributed by atoms with Gasteiger partial charge in [-0.25, -0.2) is 13.1 Å². The van der Waals surface area contributed by atoms with Crippen molar-refractivity contribution in [3.63, 3.8) is 0 Å². The number of nitrogens with one attached hydrogen (secondary N) is 1. The summed E-state index contributed by atoms with van der Waals surface area (Å²) < 4.78 is 26.8. The fourth-order valence-corrected chi connectivity index (χ4v) is 3.40. The molecule has 0 amide bonds. The first-order chi connectivity index (χ1) is 8.09. The van der Waals surface area contributed by atoms with Crippen LogP contribution in [0.4, 0.5) is 5.69 Å². The molecule has 1 rings (SSSR count). The predicted octanol–water partition coefficient (Wildman–Crippen LogP) is 1.28. The number of benzene rings is 1. The van der Waals surface area contributed by atoms with Gasteiger partial charge in [0.05, 0.1) is 17.0 Å². The molecule has 0 atom stereocenters. The van der Waals surface area contributed by atoms with Crippen LogP contribution in [0.2, 0.25) is 5.02 Å². The minimum absolute atomic E-state index is 0.0222. The summed E-state index contributed by atoms with van der Waals surface area (Å²) in [5.41, 5.74) is 5.47. The van der Waals surface area contributed by atoms with Crippen molar-refractivity contribution in [2.24, 2.45) is 0 Å². The van der Waals surface area contributed by atoms with Crippen LogP contribution < -0.4 is 10.5 Å². The molecule has 18 heavy (non-hydrogen) atoms. The lowest BCUT2D eigenvalue weighted by Gasteiger charge is -2.24. The fraction of sp³-hybridized carbons (Fsp3) is 0.455. The van der Waals surface area contributed by atoms with Gasteiger partial charge in [-0.3, -0.25) is 0 Å². The van der Waals surface area contributed by atoms with E-state index in [-0.39, 0.29) is 16.5 Å². The molecule has 0 spiro atoms. The normalized spacial score (nSPS) is 12.7. The van der Waals surface area contributed by atoms with Gasteiger partial charge in [-0.1, -0.05) is 11.6 Å². The second-order valence-electron chi connectivity index (χ2n) is 4.77. The molecule has 0 saturated heterocycles. The van der Waals surface area contributed by atoms with Crippen molar-refractivity contribution in [3.8, 4) is 0 Å². The number of aliphatic hydroxyl groups excluding tert-OH is 1. The van der Waals surface area contributed by atoms with Gasteiger partial charge in [-0.2, -0.15) is 0 Å². The average Bonchev–Trinajstić information content (AvgIpc) is 2.21. The molecule has 0 radical (unpaired) electrons. The molecular weight excluding hydrogens is 276 g/mol. The molecule has 0 aliphatic heterocycles. The van der Waals surface area contributed by atoms with Gasteiger partial charge in [-0.05, 0) is 38.5 Å². The molecule has 0 aromatic heterocycles. The summed E-state index contributed by atoms with van der Waals surface area (Å²) >= 11 is 5.81. The minimum Gasteiger partial charge on any atom is -0.398 e. The van der Waals surface area contributed by atoms with E-state index in [0.717, 1.165) is 0 Å². The Kier molecular flexibility index (Phi) is 4.27. The summed E-state index contributed by atoms with van der Waals surface area (Å²) in [4.78, 5) is 0.0222. The minimum atomic E-state index is -3.78. The number of hydrogen-bond donors (Lipinski definition) is 3. The zero-order valence-corrected chi connectivity index (χ0v) is 12.1. The lowest BCUT2D eigenvalue weighted by Crippen LogP contribution is -2.46. The number of nitrogen functional groups attached to an aromatic ring is 1. The number of rotatable bonds is 4. The molecule has 0 fully saturated rings. The quantitative estimate of drug-likeness (QED) is 0.729. The van der Waals surface area contributed by atoms with E-state index in [1.807, 2.05) is 0 Å². The fourth-order valence-electron chi connectivity index (χ4n) is 1.40. The third-order valence-corrected chi connectivity index (χ3v) is 4.50. The number of hydrogen-bond acceptors (Lipinski definition) is 4. The summed E-state index contributed by atoms with van der Waals surface area (Å²) in [6, 6.07) is 2.83. The lowest BCUT2D eigenvalue weighted by atomic mass is 10.1. The highest BCUT2D eigenvalue weighted by Crippen LogP contribution is 2.26. The van der Waals surface area contributed by atoms with Crippen molar-refractivity contribution in [1.82, 2.24) is 4.72 Å². The van der Waals surface area contributed by atoms with E-state index in [1.54, 1.807) is 20.8 Å². The van der Waals surface area contributed by atoms with Crippen molar-refractivity contribution in [3.05, 3.63) is 22.7 Å². The van der Waals surface area contributed by atoms with Crippen LogP contribution in [0.3, 0.4) is 0 Å². The summed E-state index contributed by atoms with van der Waals surface area (Å²) in [5.74, 6) is 0. The standard InChI is InChI=1S/C11H17ClN2O3S/c1-7-9(13)4-8(12)5-10(7)18(16,17)14-11(2,3)6-15/h4-5,14-15H,6,13H2,1-3H3. The largest absolute Gasteiger partial charge is 0.398 e. The number of nitrogens with two attached hydrogens (primary N) is 1. The third kappa shape index (κ3) is 3.35. The van der Waals surface area contributed by atoms with Crippen molar-refractivity contribution in [1.29, 1.82) is 0 Å². The smallest absolute Gasteiger partial charge is 0.241 e. The van der Waals surface area contributed by atoms with Gasteiger partial charge in [0.25, 0.3) is 0 Å². The average molecular weight is 293 g/mol. The number of halogens is 1. The molecule has 0 unspecified atom stereocenters. The van der Waals surface area contributed by atoms with Gasteiger partial charge in [0.2, 0.25) is 10.0 Å². The molecule has 5 nitrogen and oxygen atoms in total. The Hall–Kier alpha value is -0.820. The van der Waals surface area contributed by atoms with Crippen molar-refractivity contribution < 1.29 is 13.5 Å². The topological polar surface area (TPSA) is 92.4 Å². The summed E-state index contributed by atoms with van der Waals surface area (Å²) in [7, 11) is -3.78. The summed E-state index contributed by atoms with van der Waals surface area (Å²) in [6.45, 7) is 4.44. The van der Waals surface area contributed by atoms with E-state index >= 15 is 0 Å². The summed E-state index contributed by atoms with van der Waals surface area (Å²) in [6.07, 6.45) is 0. The molecule has 0 saturated carbocycles. The first-order valence-corrected chi connectivity index (χ1v) is 7.15. The Balaban J connectivity index is 3.30. The molecule has 4 N–H and O–H groups in total. The predicted molar refractivity (Wildman–Crippen MR) is 72.1 cm³/mol. The van der Waals surface area contributed by atoms with Crippen LogP contribution >= 0.6 is 11.6 Å². The Morgan fingerprint density at radius 3 is 2.50 bits per heavy atom. The van der Waals surface area contributed by atoms with Crippen LogP contribution in [0, 0.1) is 6.92 Å². The Labute approximate surface area is 112 Å². The molecule has 7 heteroatoms. The molecule has 0 aliphatic carbocycles. The monoisotopic (exact) mass is 292 g/mol. The molecule has 102 valence electrons. The first kappa shape index (κ1) is 15.2. The van der Waals surface area contributed by atoms with Crippen LogP contribution in [0.15, 0.2) is 17.0 Å². The second-order valence-corrected chi connectivity index (χ2v) is 6.85. The third-order valence-electron chi connectivity index (χ3n) is 2.46. The van der Waals surface area contributed by atoms with Crippen molar-refractivity contribution in [2.45, 2.75) is 31.2 Å². The first-order valence-electron chi connectivity index (χ1n) is 5.29. The van der Waals surface area contributed by atoms with E-state index < -0.39 is 15.6 Å². The van der Waals surface area contributed by atoms with Crippen LogP contribution in [0.1, 0.15) is 19.4 Å². The Morgan fingerprint density at radius 1 is 1.44 bits per heavy atom. The molecule has 1 aromatic carbocycles. The van der Waals surface area contributed by atoms with Crippen LogP contribution in [0.25, 0.3) is 0 Å². The zero-order valence-electron chi connectivity index (χ0n) is 10.5. The highest BCUT2D eigenvalue weighted by atomic mass is 35.5. The van der Waals surface area contributed by atoms with E-state index in [1.165, 1.54) is 12.1 Å². The van der Waals surface area contributed by atoms with Gasteiger partial charge in [0.15, 0.2) is 0 Å². The second kappa shape index (κ2) is 5.05. The highest BCUT2D eigenvalue weighted by molar-refractivity contribution is 7.89. The maximum absolute atomic E-state index is 12.2. The molecular formula is C11H17ClN2O3S. The van der Waals surface area contributed by atoms with E-state index in [2.05, 4.69) is 4.72 Å². The van der Waals surface area contributed by atoms with Gasteiger partial charge < -0.3 is 10.8 Å². The van der Waals surface area contributed by atoms with E-state index in [0.29, 0.717) is 11.3 Å². The number of anilines is 1. The molecule has 0 aliphatic rings. The zero-order chi connectivity index (χ0) is 14.1. The van der Waals surface area contributed by atoms with Crippen molar-refractivity contribution in [2.75, 3.05) is 12.3 Å². The Morgan fingerprint density at radius 2 is 2.00 bits per heavy atom. The van der Waals surface area contributed by atoms with Crippen LogP contribution in [-0.4, -0.2) is 25.7 Å². The van der Waals surface area contributed by atoms with Gasteiger partial charge in [0, 0.05) is 10.7 Å². The van der Waals surface area contributed by atoms with Crippen LogP contribution in [-0.2, 0) is 10.0 Å². The van der Waals surface area contributed by atoms with Gasteiger partial charge in [-0.15, -0.1) is 0 Å². The lowest BCUT2D eigenvalue weighted by molar-refractivity contribution is 0.208. The highest BCUT2D eigenvalue weighted by Gasteiger charge is 2.27. The molecule has 0 heterocycles. The number of sulfonamides is 1. The SMILES string of the molecule is Cc1c(N)cc(Cl)cc1S(=O)(=O)NC(C)(C)CO. The molecule has 1 aromatic rings.